The second kappa shape index (κ2) is 9.52. The Kier molecular flexibility index (Phi) is 9.86. The molecule has 1 atom stereocenters. The fraction of sp³-hybridized carbons (Fsp3) is 1.00. The summed E-state index contributed by atoms with van der Waals surface area (Å²) < 4.78 is 0. The minimum atomic E-state index is 0.398. The summed E-state index contributed by atoms with van der Waals surface area (Å²) in [6, 6.07) is 0. The third-order valence-electron chi connectivity index (χ3n) is 2.25. The van der Waals surface area contributed by atoms with Gasteiger partial charge < -0.3 is 0 Å². The summed E-state index contributed by atoms with van der Waals surface area (Å²) in [4.78, 5) is 0. The van der Waals surface area contributed by atoms with E-state index in [0.717, 1.165) is 0 Å². The lowest BCUT2D eigenvalue weighted by atomic mass is 10.2. The Morgan fingerprint density at radius 1 is 0.750 bits per heavy atom. The van der Waals surface area contributed by atoms with Crippen LogP contribution in [0.4, 0.5) is 0 Å². The zero-order chi connectivity index (χ0) is 9.23. The van der Waals surface area contributed by atoms with Crippen LogP contribution in [-0.2, 0) is 0 Å². The second-order valence-electron chi connectivity index (χ2n) is 3.72. The van der Waals surface area contributed by atoms with Crippen molar-refractivity contribution in [2.24, 2.45) is 0 Å². The van der Waals surface area contributed by atoms with Gasteiger partial charge in [-0.1, -0.05) is 46.0 Å². The molecule has 0 aliphatic rings. The third-order valence-corrected chi connectivity index (χ3v) is 4.54. The summed E-state index contributed by atoms with van der Waals surface area (Å²) in [6.07, 6.45) is 11.6. The first kappa shape index (κ1) is 12.4. The van der Waals surface area contributed by atoms with Gasteiger partial charge in [0.2, 0.25) is 0 Å². The lowest BCUT2D eigenvalue weighted by Gasteiger charge is -2.09. The van der Waals surface area contributed by atoms with Crippen molar-refractivity contribution in [2.45, 2.75) is 52.4 Å². The van der Waals surface area contributed by atoms with Crippen LogP contribution in [0.25, 0.3) is 0 Å². The molecular weight excluding hydrogens is 163 g/mol. The van der Waals surface area contributed by atoms with Gasteiger partial charge in [0.1, 0.15) is 0 Å². The molecule has 0 aromatic rings. The predicted molar refractivity (Wildman–Crippen MR) is 61.6 cm³/mol. The molecule has 12 heavy (non-hydrogen) atoms. The first-order valence-corrected chi connectivity index (χ1v) is 7.65. The monoisotopic (exact) mass is 188 g/mol. The molecule has 0 saturated carbocycles. The van der Waals surface area contributed by atoms with Crippen LogP contribution in [0, 0.1) is 0 Å². The minimum absolute atomic E-state index is 0.398. The summed E-state index contributed by atoms with van der Waals surface area (Å²) in [5, 5.41) is 0. The van der Waals surface area contributed by atoms with Gasteiger partial charge >= 0.3 is 0 Å². The minimum Gasteiger partial charge on any atom is -0.110 e. The molecule has 0 aliphatic heterocycles. The predicted octanol–water partition coefficient (Wildman–Crippen LogP) is 4.48. The van der Waals surface area contributed by atoms with Crippen molar-refractivity contribution in [3.05, 3.63) is 0 Å². The smallest absolute Gasteiger partial charge is 0.0328 e. The lowest BCUT2D eigenvalue weighted by Crippen LogP contribution is -1.88. The van der Waals surface area contributed by atoms with Crippen LogP contribution in [0.5, 0.6) is 0 Å². The highest BCUT2D eigenvalue weighted by Gasteiger charge is 1.98. The van der Waals surface area contributed by atoms with Gasteiger partial charge in [-0.3, -0.25) is 0 Å². The molecule has 0 aromatic carbocycles. The average molecular weight is 188 g/mol. The normalized spacial score (nSPS) is 13.2. The Hall–Kier alpha value is 0.430. The molecule has 0 fully saturated rings. The Morgan fingerprint density at radius 2 is 1.42 bits per heavy atom. The van der Waals surface area contributed by atoms with E-state index in [-0.39, 0.29) is 0 Å². The largest absolute Gasteiger partial charge is 0.110 e. The molecule has 0 rings (SSSR count). The highest BCUT2D eigenvalue weighted by atomic mass is 31.1. The van der Waals surface area contributed by atoms with E-state index in [1.54, 1.807) is 0 Å². The SMILES string of the molecule is CCCCCCCP(C)CCC. The number of hydrogen-bond acceptors (Lipinski definition) is 0. The zero-order valence-electron chi connectivity index (χ0n) is 9.10. The third kappa shape index (κ3) is 8.53. The van der Waals surface area contributed by atoms with Crippen LogP contribution in [0.15, 0.2) is 0 Å². The van der Waals surface area contributed by atoms with Gasteiger partial charge in [-0.2, -0.15) is 0 Å². The fourth-order valence-electron chi connectivity index (χ4n) is 1.48. The standard InChI is InChI=1S/C11H25P/c1-4-6-7-8-9-11-12(3)10-5-2/h4-11H2,1-3H3. The van der Waals surface area contributed by atoms with E-state index >= 15 is 0 Å². The first-order valence-electron chi connectivity index (χ1n) is 5.49. The van der Waals surface area contributed by atoms with Crippen molar-refractivity contribution in [3.63, 3.8) is 0 Å². The van der Waals surface area contributed by atoms with Gasteiger partial charge in [0, 0.05) is 0 Å². The van der Waals surface area contributed by atoms with E-state index in [1.807, 2.05) is 0 Å². The molecule has 0 aliphatic carbocycles. The van der Waals surface area contributed by atoms with Crippen LogP contribution in [0.2, 0.25) is 0 Å². The highest BCUT2D eigenvalue weighted by molar-refractivity contribution is 7.56. The van der Waals surface area contributed by atoms with Gasteiger partial charge in [0.25, 0.3) is 0 Å². The highest BCUT2D eigenvalue weighted by Crippen LogP contribution is 2.32. The topological polar surface area (TPSA) is 0 Å². The first-order chi connectivity index (χ1) is 5.81. The van der Waals surface area contributed by atoms with Crippen molar-refractivity contribution in [1.29, 1.82) is 0 Å². The molecule has 0 N–H and O–H groups in total. The Morgan fingerprint density at radius 3 is 2.00 bits per heavy atom. The van der Waals surface area contributed by atoms with E-state index < -0.39 is 0 Å². The van der Waals surface area contributed by atoms with Crippen molar-refractivity contribution in [1.82, 2.24) is 0 Å². The van der Waals surface area contributed by atoms with E-state index in [0.29, 0.717) is 7.92 Å². The maximum Gasteiger partial charge on any atom is -0.0328 e. The zero-order valence-corrected chi connectivity index (χ0v) is 10.00. The Labute approximate surface area is 79.9 Å². The van der Waals surface area contributed by atoms with E-state index in [1.165, 1.54) is 50.8 Å². The van der Waals surface area contributed by atoms with Gasteiger partial charge in [0.05, 0.1) is 0 Å². The molecule has 0 spiro atoms. The molecule has 74 valence electrons. The molecule has 0 nitrogen and oxygen atoms in total. The Bertz CT molecular complexity index is 81.1. The van der Waals surface area contributed by atoms with Crippen LogP contribution in [0.3, 0.4) is 0 Å². The van der Waals surface area contributed by atoms with Crippen LogP contribution in [0.1, 0.15) is 52.4 Å². The lowest BCUT2D eigenvalue weighted by molar-refractivity contribution is 0.658. The summed E-state index contributed by atoms with van der Waals surface area (Å²) in [6.45, 7) is 7.04. The van der Waals surface area contributed by atoms with Crippen LogP contribution in [-0.4, -0.2) is 19.0 Å². The van der Waals surface area contributed by atoms with Gasteiger partial charge in [-0.05, 0) is 25.4 Å². The van der Waals surface area contributed by atoms with E-state index in [2.05, 4.69) is 20.5 Å². The van der Waals surface area contributed by atoms with E-state index in [4.69, 9.17) is 0 Å². The Balaban J connectivity index is 2.97. The van der Waals surface area contributed by atoms with Gasteiger partial charge in [0.15, 0.2) is 0 Å². The molecular formula is C11H25P. The number of rotatable bonds is 8. The van der Waals surface area contributed by atoms with Crippen molar-refractivity contribution < 1.29 is 0 Å². The van der Waals surface area contributed by atoms with Gasteiger partial charge in [-0.25, -0.2) is 0 Å². The number of hydrogen-bond donors (Lipinski definition) is 0. The van der Waals surface area contributed by atoms with Crippen molar-refractivity contribution >= 4 is 7.92 Å². The summed E-state index contributed by atoms with van der Waals surface area (Å²) in [7, 11) is 0.398. The summed E-state index contributed by atoms with van der Waals surface area (Å²) >= 11 is 0. The molecule has 0 aromatic heterocycles. The molecule has 0 bridgehead atoms. The van der Waals surface area contributed by atoms with Crippen LogP contribution < -0.4 is 0 Å². The maximum atomic E-state index is 2.46. The second-order valence-corrected chi connectivity index (χ2v) is 6.32. The molecule has 1 unspecified atom stereocenters. The van der Waals surface area contributed by atoms with E-state index in [9.17, 15) is 0 Å². The van der Waals surface area contributed by atoms with Crippen molar-refractivity contribution in [2.75, 3.05) is 19.0 Å². The average Bonchev–Trinajstić information content (AvgIpc) is 2.05. The van der Waals surface area contributed by atoms with Gasteiger partial charge in [-0.15, -0.1) is 7.92 Å². The van der Waals surface area contributed by atoms with Crippen LogP contribution >= 0.6 is 7.92 Å². The summed E-state index contributed by atoms with van der Waals surface area (Å²) in [5.74, 6) is 0. The molecule has 1 heteroatoms. The number of unbranched alkanes of at least 4 members (excludes halogenated alkanes) is 4. The maximum absolute atomic E-state index is 2.46. The molecule has 0 amide bonds. The molecule has 0 saturated heterocycles. The molecule has 0 radical (unpaired) electrons. The fourth-order valence-corrected chi connectivity index (χ4v) is 3.23. The quantitative estimate of drug-likeness (QED) is 0.389. The van der Waals surface area contributed by atoms with Crippen molar-refractivity contribution in [3.8, 4) is 0 Å². The molecule has 0 heterocycles. The summed E-state index contributed by atoms with van der Waals surface area (Å²) in [5.41, 5.74) is 0.